The highest BCUT2D eigenvalue weighted by atomic mass is 32.1. The quantitative estimate of drug-likeness (QED) is 0.618. The van der Waals surface area contributed by atoms with E-state index in [0.717, 1.165) is 12.0 Å². The number of carboxylic acids is 1. The van der Waals surface area contributed by atoms with Gasteiger partial charge in [0.15, 0.2) is 23.8 Å². The Hall–Kier alpha value is -2.87. The first-order valence-electron chi connectivity index (χ1n) is 7.88. The molecule has 0 radical (unpaired) electrons. The van der Waals surface area contributed by atoms with Crippen molar-refractivity contribution in [2.24, 2.45) is 0 Å². The molecule has 0 saturated heterocycles. The molecule has 2 rings (SSSR count). The molecule has 0 bridgehead atoms. The number of methoxy groups -OCH3 is 1. The Kier molecular flexibility index (Phi) is 7.16. The third-order valence-corrected chi connectivity index (χ3v) is 4.31. The molecule has 138 valence electrons. The van der Waals surface area contributed by atoms with Crippen LogP contribution >= 0.6 is 11.3 Å². The molecular weight excluding hydrogens is 356 g/mol. The average molecular weight is 376 g/mol. The largest absolute Gasteiger partial charge is 0.493 e. The molecule has 0 aliphatic carbocycles. The van der Waals surface area contributed by atoms with E-state index in [1.807, 2.05) is 12.1 Å². The standard InChI is InChI=1S/C18H20N2O5S/c1-3-4-12-5-6-14(15(9-12)24-2)25-10-16(21)19-8-7-17-20-13(11-26-17)18(22)23/h3,5-6,9,11H,1,4,7-8,10H2,2H3,(H,19,21)(H,22,23). The first-order valence-corrected chi connectivity index (χ1v) is 8.76. The summed E-state index contributed by atoms with van der Waals surface area (Å²) >= 11 is 1.25. The van der Waals surface area contributed by atoms with E-state index in [9.17, 15) is 9.59 Å². The summed E-state index contributed by atoms with van der Waals surface area (Å²) in [7, 11) is 1.54. The summed E-state index contributed by atoms with van der Waals surface area (Å²) in [5.41, 5.74) is 1.06. The first kappa shape index (κ1) is 19.5. The van der Waals surface area contributed by atoms with Crippen LogP contribution in [0.2, 0.25) is 0 Å². The van der Waals surface area contributed by atoms with Crippen molar-refractivity contribution in [1.82, 2.24) is 10.3 Å². The van der Waals surface area contributed by atoms with Gasteiger partial charge in [-0.1, -0.05) is 12.1 Å². The third-order valence-electron chi connectivity index (χ3n) is 3.40. The normalized spacial score (nSPS) is 10.2. The molecule has 0 aliphatic rings. The van der Waals surface area contributed by atoms with Crippen LogP contribution in [0, 0.1) is 0 Å². The van der Waals surface area contributed by atoms with Crippen molar-refractivity contribution >= 4 is 23.2 Å². The number of amides is 1. The lowest BCUT2D eigenvalue weighted by atomic mass is 10.1. The molecule has 0 fully saturated rings. The van der Waals surface area contributed by atoms with Gasteiger partial charge in [0.1, 0.15) is 0 Å². The first-order chi connectivity index (χ1) is 12.5. The van der Waals surface area contributed by atoms with E-state index in [4.69, 9.17) is 14.6 Å². The van der Waals surface area contributed by atoms with Crippen molar-refractivity contribution in [2.45, 2.75) is 12.8 Å². The fourth-order valence-corrected chi connectivity index (χ4v) is 2.92. The molecule has 1 amide bonds. The van der Waals surface area contributed by atoms with Crippen molar-refractivity contribution < 1.29 is 24.2 Å². The highest BCUT2D eigenvalue weighted by molar-refractivity contribution is 7.09. The molecule has 26 heavy (non-hydrogen) atoms. The van der Waals surface area contributed by atoms with Crippen LogP contribution in [0.5, 0.6) is 11.5 Å². The van der Waals surface area contributed by atoms with Crippen molar-refractivity contribution in [3.63, 3.8) is 0 Å². The Balaban J connectivity index is 1.79. The van der Waals surface area contributed by atoms with Crippen molar-refractivity contribution in [3.05, 3.63) is 52.5 Å². The second kappa shape index (κ2) is 9.57. The van der Waals surface area contributed by atoms with Crippen LogP contribution in [0.4, 0.5) is 0 Å². The molecule has 0 saturated carbocycles. The number of allylic oxidation sites excluding steroid dienone is 1. The summed E-state index contributed by atoms with van der Waals surface area (Å²) in [5.74, 6) is -0.294. The molecular formula is C18H20N2O5S. The zero-order chi connectivity index (χ0) is 18.9. The van der Waals surface area contributed by atoms with E-state index in [1.54, 1.807) is 19.3 Å². The molecule has 7 nitrogen and oxygen atoms in total. The number of thiazole rings is 1. The Bertz CT molecular complexity index is 788. The molecule has 0 unspecified atom stereocenters. The molecule has 2 N–H and O–H groups in total. The number of ether oxygens (including phenoxy) is 2. The van der Waals surface area contributed by atoms with E-state index in [-0.39, 0.29) is 18.2 Å². The third kappa shape index (κ3) is 5.59. The molecule has 0 spiro atoms. The van der Waals surface area contributed by atoms with Crippen LogP contribution < -0.4 is 14.8 Å². The van der Waals surface area contributed by atoms with Crippen molar-refractivity contribution in [1.29, 1.82) is 0 Å². The predicted octanol–water partition coefficient (Wildman–Crippen LogP) is 2.32. The number of benzene rings is 1. The van der Waals surface area contributed by atoms with Crippen LogP contribution in [0.1, 0.15) is 21.1 Å². The lowest BCUT2D eigenvalue weighted by Crippen LogP contribution is -2.30. The molecule has 2 aromatic rings. The van der Waals surface area contributed by atoms with Crippen LogP contribution in [0.3, 0.4) is 0 Å². The second-order valence-electron chi connectivity index (χ2n) is 5.30. The fourth-order valence-electron chi connectivity index (χ4n) is 2.15. The zero-order valence-electron chi connectivity index (χ0n) is 14.4. The molecule has 0 aliphatic heterocycles. The predicted molar refractivity (Wildman–Crippen MR) is 98.2 cm³/mol. The van der Waals surface area contributed by atoms with Crippen LogP contribution in [-0.4, -0.2) is 42.2 Å². The smallest absolute Gasteiger partial charge is 0.355 e. The van der Waals surface area contributed by atoms with Gasteiger partial charge in [-0.3, -0.25) is 4.79 Å². The van der Waals surface area contributed by atoms with E-state index >= 15 is 0 Å². The van der Waals surface area contributed by atoms with Gasteiger partial charge in [0.2, 0.25) is 0 Å². The SMILES string of the molecule is C=CCc1ccc(OCC(=O)NCCc2nc(C(=O)O)cs2)c(OC)c1. The minimum atomic E-state index is -1.06. The molecule has 1 aromatic heterocycles. The van der Waals surface area contributed by atoms with Gasteiger partial charge < -0.3 is 19.9 Å². The number of aromatic carboxylic acids is 1. The average Bonchev–Trinajstić information content (AvgIpc) is 3.10. The number of carbonyl (C=O) groups excluding carboxylic acids is 1. The van der Waals surface area contributed by atoms with Crippen molar-refractivity contribution in [2.75, 3.05) is 20.3 Å². The summed E-state index contributed by atoms with van der Waals surface area (Å²) in [4.78, 5) is 26.6. The number of aromatic nitrogens is 1. The van der Waals surface area contributed by atoms with E-state index in [2.05, 4.69) is 16.9 Å². The molecule has 1 aromatic carbocycles. The Morgan fingerprint density at radius 2 is 2.19 bits per heavy atom. The number of hydrogen-bond donors (Lipinski definition) is 2. The summed E-state index contributed by atoms with van der Waals surface area (Å²) in [6.07, 6.45) is 2.98. The van der Waals surface area contributed by atoms with Gasteiger partial charge in [-0.25, -0.2) is 9.78 Å². The summed E-state index contributed by atoms with van der Waals surface area (Å²) < 4.78 is 10.8. The van der Waals surface area contributed by atoms with Crippen LogP contribution in [0.25, 0.3) is 0 Å². The van der Waals surface area contributed by atoms with E-state index in [0.29, 0.717) is 29.5 Å². The maximum atomic E-state index is 11.9. The zero-order valence-corrected chi connectivity index (χ0v) is 15.2. The minimum absolute atomic E-state index is 0.0201. The summed E-state index contributed by atoms with van der Waals surface area (Å²) in [6.45, 7) is 3.90. The lowest BCUT2D eigenvalue weighted by Gasteiger charge is -2.12. The number of rotatable bonds is 10. The minimum Gasteiger partial charge on any atom is -0.493 e. The molecule has 8 heteroatoms. The van der Waals surface area contributed by atoms with Crippen molar-refractivity contribution in [3.8, 4) is 11.5 Å². The summed E-state index contributed by atoms with van der Waals surface area (Å²) in [6, 6.07) is 5.49. The van der Waals surface area contributed by atoms with E-state index in [1.165, 1.54) is 16.7 Å². The fraction of sp³-hybridized carbons (Fsp3) is 0.278. The highest BCUT2D eigenvalue weighted by Gasteiger charge is 2.10. The van der Waals surface area contributed by atoms with Gasteiger partial charge in [-0.05, 0) is 24.1 Å². The second-order valence-corrected chi connectivity index (χ2v) is 6.24. The molecule has 0 atom stereocenters. The number of nitrogens with zero attached hydrogens (tertiary/aromatic N) is 1. The number of nitrogens with one attached hydrogen (secondary N) is 1. The van der Waals surface area contributed by atoms with Gasteiger partial charge in [0.05, 0.1) is 12.1 Å². The Labute approximate surface area is 155 Å². The van der Waals surface area contributed by atoms with Crippen LogP contribution in [-0.2, 0) is 17.6 Å². The monoisotopic (exact) mass is 376 g/mol. The lowest BCUT2D eigenvalue weighted by molar-refractivity contribution is -0.123. The maximum Gasteiger partial charge on any atom is 0.355 e. The summed E-state index contributed by atoms with van der Waals surface area (Å²) in [5, 5.41) is 13.7. The highest BCUT2D eigenvalue weighted by Crippen LogP contribution is 2.28. The maximum absolute atomic E-state index is 11.9. The molecule has 1 heterocycles. The van der Waals surface area contributed by atoms with Gasteiger partial charge >= 0.3 is 5.97 Å². The van der Waals surface area contributed by atoms with Gasteiger partial charge in [-0.2, -0.15) is 0 Å². The number of hydrogen-bond acceptors (Lipinski definition) is 6. The van der Waals surface area contributed by atoms with Crippen LogP contribution in [0.15, 0.2) is 36.2 Å². The topological polar surface area (TPSA) is 97.8 Å². The van der Waals surface area contributed by atoms with Gasteiger partial charge in [0.25, 0.3) is 5.91 Å². The van der Waals surface area contributed by atoms with E-state index < -0.39 is 5.97 Å². The Morgan fingerprint density at radius 3 is 2.85 bits per heavy atom. The van der Waals surface area contributed by atoms with Gasteiger partial charge in [0, 0.05) is 18.3 Å². The van der Waals surface area contributed by atoms with Gasteiger partial charge in [-0.15, -0.1) is 17.9 Å². The number of carboxylic acid groups (broad SMARTS) is 1. The Morgan fingerprint density at radius 1 is 1.38 bits per heavy atom. The number of carbonyl (C=O) groups is 2.